The molecule has 0 bridgehead atoms. The number of thiophene rings is 1. The smallest absolute Gasteiger partial charge is 0.333 e. The Labute approximate surface area is 238 Å². The van der Waals surface area contributed by atoms with Gasteiger partial charge in [0.2, 0.25) is 5.78 Å². The lowest BCUT2D eigenvalue weighted by Crippen LogP contribution is -2.37. The normalized spacial score (nSPS) is 24.9. The van der Waals surface area contributed by atoms with Crippen molar-refractivity contribution in [2.45, 2.75) is 44.1 Å². The van der Waals surface area contributed by atoms with E-state index in [1.165, 1.54) is 35.0 Å². The van der Waals surface area contributed by atoms with Gasteiger partial charge in [-0.2, -0.15) is 13.1 Å². The fraction of sp³-hybridized carbons (Fsp3) is 0.400. The molecule has 208 valence electrons. The van der Waals surface area contributed by atoms with Crippen molar-refractivity contribution >= 4 is 49.2 Å². The number of aromatic nitrogens is 2. The Morgan fingerprint density at radius 2 is 2.03 bits per heavy atom. The van der Waals surface area contributed by atoms with Crippen molar-refractivity contribution in [3.8, 4) is 0 Å². The van der Waals surface area contributed by atoms with E-state index in [1.54, 1.807) is 0 Å². The van der Waals surface area contributed by atoms with Crippen LogP contribution in [0.25, 0.3) is 0 Å². The molecule has 0 unspecified atom stereocenters. The summed E-state index contributed by atoms with van der Waals surface area (Å²) in [7, 11) is -4.44. The molecule has 0 amide bonds. The van der Waals surface area contributed by atoms with Crippen LogP contribution in [0.2, 0.25) is 0 Å². The second kappa shape index (κ2) is 11.3. The molecule has 3 aromatic rings. The Bertz CT molecular complexity index is 1500. The molecule has 0 saturated heterocycles. The third-order valence-corrected chi connectivity index (χ3v) is 9.35. The van der Waals surface area contributed by atoms with E-state index in [-0.39, 0.29) is 36.2 Å². The van der Waals surface area contributed by atoms with E-state index in [4.69, 9.17) is 4.55 Å². The molecule has 1 aliphatic heterocycles. The summed E-state index contributed by atoms with van der Waals surface area (Å²) < 4.78 is 33.9. The number of halogens is 1. The van der Waals surface area contributed by atoms with Gasteiger partial charge in [0.25, 0.3) is 0 Å². The Morgan fingerprint density at radius 3 is 2.79 bits per heavy atom. The second-order valence-electron chi connectivity index (χ2n) is 9.77. The molecule has 2 aliphatic rings. The number of fused-ring (bicyclic) bond motifs is 1. The third-order valence-electron chi connectivity index (χ3n) is 7.26. The Morgan fingerprint density at radius 1 is 1.23 bits per heavy atom. The Balaban J connectivity index is 1.37. The number of nitrogens with zero attached hydrogens (tertiary/aromatic N) is 2. The molecule has 1 aliphatic carbocycles. The summed E-state index contributed by atoms with van der Waals surface area (Å²) in [6.07, 6.45) is 1.30. The molecule has 1 fully saturated rings. The van der Waals surface area contributed by atoms with Gasteiger partial charge in [0.1, 0.15) is 18.2 Å². The second-order valence-corrected chi connectivity index (χ2v) is 13.2. The highest BCUT2D eigenvalue weighted by Gasteiger charge is 2.42. The van der Waals surface area contributed by atoms with Crippen LogP contribution in [0, 0.1) is 12.8 Å². The molecule has 5 atom stereocenters. The number of aryl methyl sites for hydroxylation is 1. The van der Waals surface area contributed by atoms with Crippen LogP contribution in [0.15, 0.2) is 41.3 Å². The van der Waals surface area contributed by atoms with Crippen molar-refractivity contribution in [3.05, 3.63) is 73.3 Å². The van der Waals surface area contributed by atoms with Crippen LogP contribution in [0.5, 0.6) is 0 Å². The summed E-state index contributed by atoms with van der Waals surface area (Å²) in [6.45, 7) is 2.56. The Kier molecular flexibility index (Phi) is 8.18. The topological polar surface area (TPSA) is 174 Å². The molecule has 11 nitrogen and oxygen atoms in total. The van der Waals surface area contributed by atoms with Crippen LogP contribution in [-0.4, -0.2) is 70.3 Å². The number of aliphatic hydroxyl groups is 2. The first-order valence-electron chi connectivity index (χ1n) is 12.3. The van der Waals surface area contributed by atoms with E-state index < -0.39 is 34.5 Å². The van der Waals surface area contributed by atoms with Crippen LogP contribution < -0.4 is 15.4 Å². The van der Waals surface area contributed by atoms with Crippen molar-refractivity contribution in [3.63, 3.8) is 0 Å². The van der Waals surface area contributed by atoms with Crippen molar-refractivity contribution in [2.24, 2.45) is 5.92 Å². The van der Waals surface area contributed by atoms with Gasteiger partial charge in [0.15, 0.2) is 0 Å². The van der Waals surface area contributed by atoms with Crippen LogP contribution in [0.3, 0.4) is 0 Å². The van der Waals surface area contributed by atoms with Gasteiger partial charge in [-0.15, -0.1) is 11.3 Å². The van der Waals surface area contributed by atoms with Gasteiger partial charge in [-0.05, 0) is 54.7 Å². The van der Waals surface area contributed by atoms with Crippen molar-refractivity contribution in [1.29, 1.82) is 0 Å². The number of ketones is 1. The number of aliphatic hydroxyl groups excluding tert-OH is 2. The summed E-state index contributed by atoms with van der Waals surface area (Å²) in [5, 5.41) is 27.6. The Hall–Kier alpha value is -2.30. The summed E-state index contributed by atoms with van der Waals surface area (Å²) in [5.74, 6) is -0.735. The van der Waals surface area contributed by atoms with Crippen LogP contribution >= 0.6 is 27.3 Å². The van der Waals surface area contributed by atoms with Gasteiger partial charge in [-0.25, -0.2) is 9.97 Å². The molecule has 1 aromatic carbocycles. The zero-order valence-corrected chi connectivity index (χ0v) is 24.1. The van der Waals surface area contributed by atoms with E-state index >= 15 is 0 Å². The van der Waals surface area contributed by atoms with Gasteiger partial charge in [0, 0.05) is 34.6 Å². The van der Waals surface area contributed by atoms with E-state index in [9.17, 15) is 23.4 Å². The number of rotatable bonds is 8. The van der Waals surface area contributed by atoms with Gasteiger partial charge in [-0.3, -0.25) is 9.35 Å². The highest BCUT2D eigenvalue weighted by molar-refractivity contribution is 9.10. The quantitative estimate of drug-likeness (QED) is 0.158. The number of hydrogen-bond acceptors (Lipinski definition) is 10. The predicted molar refractivity (Wildman–Crippen MR) is 149 cm³/mol. The van der Waals surface area contributed by atoms with Crippen LogP contribution in [0.1, 0.15) is 49.3 Å². The lowest BCUT2D eigenvalue weighted by Gasteiger charge is -2.27. The lowest BCUT2D eigenvalue weighted by atomic mass is 9.90. The van der Waals surface area contributed by atoms with Gasteiger partial charge in [0.05, 0.1) is 28.6 Å². The number of carbonyl (C=O) groups excluding carboxylic acids is 1. The molecular formula is C25H28BrN5O6S2. The maximum Gasteiger partial charge on any atom is 0.333 e. The van der Waals surface area contributed by atoms with E-state index in [1.807, 2.05) is 23.8 Å². The molecule has 0 radical (unpaired) electrons. The first-order chi connectivity index (χ1) is 18.5. The fourth-order valence-electron chi connectivity index (χ4n) is 5.30. The molecule has 5 rings (SSSR count). The predicted octanol–water partition coefficient (Wildman–Crippen LogP) is 1.99. The molecule has 2 aromatic heterocycles. The first kappa shape index (κ1) is 28.2. The minimum Gasteiger partial charge on any atom is -0.390 e. The molecular weight excluding hydrogens is 610 g/mol. The standard InChI is InChI=1S/C25H28BrN5O6S2/c1-12-16(21-17-7-15(26)3-2-13(17)4-5-28-21)8-20(38-12)23(33)18-10-27-11-29-25(18)31-19-6-14(22(32)24(19)34)9-30-39(35,36)37/h2-3,7-8,10-11,14,19,21-22,24,28,30,32,34H,4-6,9H2,1H3,(H,27,29,31)(H,35,36,37)/t14-,19-,21+,22-,24+/m1/s1. The molecule has 0 spiro atoms. The van der Waals surface area contributed by atoms with Crippen LogP contribution in [0.4, 0.5) is 5.82 Å². The first-order valence-corrected chi connectivity index (χ1v) is 15.4. The average molecular weight is 639 g/mol. The summed E-state index contributed by atoms with van der Waals surface area (Å²) in [6, 6.07) is 7.41. The zero-order chi connectivity index (χ0) is 27.9. The van der Waals surface area contributed by atoms with E-state index in [0.29, 0.717) is 4.88 Å². The fourth-order valence-corrected chi connectivity index (χ4v) is 7.11. The maximum atomic E-state index is 13.7. The number of nitrogens with one attached hydrogen (secondary N) is 3. The molecule has 1 saturated carbocycles. The number of anilines is 1. The summed E-state index contributed by atoms with van der Waals surface area (Å²) >= 11 is 4.95. The number of benzene rings is 1. The highest BCUT2D eigenvalue weighted by atomic mass is 79.9. The largest absolute Gasteiger partial charge is 0.390 e. The zero-order valence-electron chi connectivity index (χ0n) is 20.8. The average Bonchev–Trinajstić information content (AvgIpc) is 3.41. The number of carbonyl (C=O) groups is 1. The van der Waals surface area contributed by atoms with E-state index in [2.05, 4.69) is 48.7 Å². The van der Waals surface area contributed by atoms with Gasteiger partial charge < -0.3 is 20.8 Å². The van der Waals surface area contributed by atoms with Gasteiger partial charge >= 0.3 is 10.3 Å². The minimum atomic E-state index is -4.44. The maximum absolute atomic E-state index is 13.7. The van der Waals surface area contributed by atoms with Crippen molar-refractivity contribution < 1.29 is 28.0 Å². The monoisotopic (exact) mass is 637 g/mol. The SMILES string of the molecule is Cc1sc(C(=O)c2cncnc2N[C@@H]2C[C@H](CNS(=O)(=O)O)[C@@H](O)[C@H]2O)cc1[C@@H]1NCCc2ccc(Br)cc21. The molecule has 6 N–H and O–H groups in total. The molecule has 3 heterocycles. The van der Waals surface area contributed by atoms with Crippen molar-refractivity contribution in [2.75, 3.05) is 18.4 Å². The van der Waals surface area contributed by atoms with Crippen LogP contribution in [-0.2, 0) is 16.7 Å². The number of hydrogen-bond donors (Lipinski definition) is 6. The van der Waals surface area contributed by atoms with Crippen molar-refractivity contribution in [1.82, 2.24) is 20.0 Å². The summed E-state index contributed by atoms with van der Waals surface area (Å²) in [4.78, 5) is 23.4. The van der Waals surface area contributed by atoms with E-state index in [0.717, 1.165) is 27.9 Å². The highest BCUT2D eigenvalue weighted by Crippen LogP contribution is 2.37. The van der Waals surface area contributed by atoms with Gasteiger partial charge in [-0.1, -0.05) is 22.0 Å². The lowest BCUT2D eigenvalue weighted by molar-refractivity contribution is 0.0184. The third kappa shape index (κ3) is 6.07. The molecule has 39 heavy (non-hydrogen) atoms. The summed E-state index contributed by atoms with van der Waals surface area (Å²) in [5.41, 5.74) is 3.68. The minimum absolute atomic E-state index is 0.0444. The molecule has 14 heteroatoms.